The van der Waals surface area contributed by atoms with Gasteiger partial charge in [-0.15, -0.1) is 0 Å². The summed E-state index contributed by atoms with van der Waals surface area (Å²) in [5.74, 6) is 0.901. The number of hydrogen-bond acceptors (Lipinski definition) is 2. The van der Waals surface area contributed by atoms with Crippen LogP contribution in [0.2, 0.25) is 0 Å². The second-order valence-electron chi connectivity index (χ2n) is 2.93. The van der Waals surface area contributed by atoms with Crippen LogP contribution in [0.5, 0.6) is 0 Å². The molecule has 0 radical (unpaired) electrons. The first-order valence-corrected chi connectivity index (χ1v) is 6.71. The van der Waals surface area contributed by atoms with Crippen molar-refractivity contribution in [2.45, 2.75) is 24.6 Å². The van der Waals surface area contributed by atoms with Gasteiger partial charge in [0.15, 0.2) is 0 Å². The zero-order valence-electron chi connectivity index (χ0n) is 6.96. The van der Waals surface area contributed by atoms with Crippen molar-refractivity contribution in [2.24, 2.45) is 4.36 Å². The fourth-order valence-corrected chi connectivity index (χ4v) is 3.51. The molecule has 1 amide bonds. The summed E-state index contributed by atoms with van der Waals surface area (Å²) in [4.78, 5) is 10.8. The van der Waals surface area contributed by atoms with E-state index in [0.29, 0.717) is 11.5 Å². The van der Waals surface area contributed by atoms with Crippen LogP contribution in [0.1, 0.15) is 19.8 Å². The molecule has 12 heavy (non-hydrogen) atoms. The van der Waals surface area contributed by atoms with E-state index in [4.69, 9.17) is 0 Å². The number of rotatable bonds is 1. The highest BCUT2D eigenvalue weighted by molar-refractivity contribution is 9.10. The summed E-state index contributed by atoms with van der Waals surface area (Å²) < 4.78 is 15.4. The number of carbonyl (C=O) groups is 1. The van der Waals surface area contributed by atoms with Crippen molar-refractivity contribution in [1.29, 1.82) is 0 Å². The zero-order valence-corrected chi connectivity index (χ0v) is 9.36. The first kappa shape index (κ1) is 10.2. The molecule has 0 aliphatic carbocycles. The Bertz CT molecular complexity index is 280. The second kappa shape index (κ2) is 3.87. The SMILES string of the molecule is CC(Br)C(=O)N=S1(=O)CCCC1. The average molecular weight is 254 g/mol. The number of alkyl halides is 1. The number of amides is 1. The molecule has 1 unspecified atom stereocenters. The van der Waals surface area contributed by atoms with Gasteiger partial charge < -0.3 is 0 Å². The van der Waals surface area contributed by atoms with Crippen LogP contribution in [-0.2, 0) is 14.5 Å². The van der Waals surface area contributed by atoms with Crippen LogP contribution < -0.4 is 0 Å². The Labute approximate surface area is 81.2 Å². The minimum absolute atomic E-state index is 0.290. The zero-order chi connectivity index (χ0) is 9.19. The molecule has 5 heteroatoms. The highest BCUT2D eigenvalue weighted by atomic mass is 79.9. The number of hydrogen-bond donors (Lipinski definition) is 0. The van der Waals surface area contributed by atoms with E-state index in [9.17, 15) is 9.00 Å². The Morgan fingerprint density at radius 3 is 2.42 bits per heavy atom. The van der Waals surface area contributed by atoms with Crippen LogP contribution in [0.15, 0.2) is 4.36 Å². The molecule has 3 nitrogen and oxygen atoms in total. The molecule has 0 aromatic carbocycles. The maximum absolute atomic E-state index is 11.7. The Hall–Kier alpha value is 0.1000. The van der Waals surface area contributed by atoms with Gasteiger partial charge in [-0.05, 0) is 19.8 Å². The summed E-state index contributed by atoms with van der Waals surface area (Å²) in [6.07, 6.45) is 1.87. The van der Waals surface area contributed by atoms with Crippen molar-refractivity contribution in [2.75, 3.05) is 11.5 Å². The van der Waals surface area contributed by atoms with E-state index < -0.39 is 9.73 Å². The van der Waals surface area contributed by atoms with E-state index in [1.807, 2.05) is 0 Å². The molecule has 1 fully saturated rings. The van der Waals surface area contributed by atoms with Crippen molar-refractivity contribution < 1.29 is 9.00 Å². The predicted octanol–water partition coefficient (Wildman–Crippen LogP) is 1.56. The predicted molar refractivity (Wildman–Crippen MR) is 52.9 cm³/mol. The Morgan fingerprint density at radius 1 is 1.50 bits per heavy atom. The highest BCUT2D eigenvalue weighted by Crippen LogP contribution is 2.14. The molecule has 0 aromatic rings. The van der Waals surface area contributed by atoms with Crippen LogP contribution in [0, 0.1) is 0 Å². The lowest BCUT2D eigenvalue weighted by Crippen LogP contribution is -2.11. The quantitative estimate of drug-likeness (QED) is 0.666. The molecular weight excluding hydrogens is 242 g/mol. The molecule has 1 atom stereocenters. The molecule has 0 aromatic heterocycles. The molecule has 0 spiro atoms. The third-order valence-electron chi connectivity index (χ3n) is 1.77. The van der Waals surface area contributed by atoms with E-state index in [-0.39, 0.29) is 10.7 Å². The van der Waals surface area contributed by atoms with Crippen LogP contribution in [0.3, 0.4) is 0 Å². The van der Waals surface area contributed by atoms with Gasteiger partial charge in [-0.25, -0.2) is 4.21 Å². The topological polar surface area (TPSA) is 46.5 Å². The number of nitrogens with zero attached hydrogens (tertiary/aromatic N) is 1. The third kappa shape index (κ3) is 2.55. The lowest BCUT2D eigenvalue weighted by atomic mass is 10.4. The lowest BCUT2D eigenvalue weighted by molar-refractivity contribution is -0.116. The van der Waals surface area contributed by atoms with Gasteiger partial charge in [0.25, 0.3) is 5.91 Å². The van der Waals surface area contributed by atoms with Gasteiger partial charge in [0.2, 0.25) is 0 Å². The lowest BCUT2D eigenvalue weighted by Gasteiger charge is -1.99. The summed E-state index contributed by atoms with van der Waals surface area (Å²) in [7, 11) is -2.15. The van der Waals surface area contributed by atoms with Crippen molar-refractivity contribution in [3.8, 4) is 0 Å². The summed E-state index contributed by atoms with van der Waals surface area (Å²) in [6, 6.07) is 0. The Kier molecular flexibility index (Phi) is 3.29. The summed E-state index contributed by atoms with van der Waals surface area (Å²) in [5, 5.41) is 0. The third-order valence-corrected chi connectivity index (χ3v) is 4.53. The van der Waals surface area contributed by atoms with Crippen molar-refractivity contribution in [1.82, 2.24) is 0 Å². The van der Waals surface area contributed by atoms with Gasteiger partial charge in [0.05, 0.1) is 14.6 Å². The molecule has 0 saturated carbocycles. The second-order valence-corrected chi connectivity index (χ2v) is 6.85. The van der Waals surface area contributed by atoms with E-state index in [1.165, 1.54) is 0 Å². The van der Waals surface area contributed by atoms with Gasteiger partial charge in [-0.1, -0.05) is 15.9 Å². The first-order chi connectivity index (χ1) is 5.53. The maximum atomic E-state index is 11.7. The van der Waals surface area contributed by atoms with Crippen LogP contribution >= 0.6 is 15.9 Å². The minimum atomic E-state index is -2.15. The molecule has 1 saturated heterocycles. The molecule has 70 valence electrons. The maximum Gasteiger partial charge on any atom is 0.267 e. The molecule has 0 N–H and O–H groups in total. The standard InChI is InChI=1S/C7H12BrNO2S/c1-6(8)7(10)9-12(11)4-2-3-5-12/h6H,2-5H2,1H3. The largest absolute Gasteiger partial charge is 0.271 e. The van der Waals surface area contributed by atoms with Crippen LogP contribution in [0.4, 0.5) is 0 Å². The minimum Gasteiger partial charge on any atom is -0.271 e. The average Bonchev–Trinajstić information content (AvgIpc) is 2.35. The molecular formula is C7H12BrNO2S. The van der Waals surface area contributed by atoms with Crippen LogP contribution in [-0.4, -0.2) is 26.4 Å². The number of halogens is 1. The summed E-state index contributed by atoms with van der Waals surface area (Å²) in [6.45, 7) is 1.70. The highest BCUT2D eigenvalue weighted by Gasteiger charge is 2.19. The Morgan fingerprint density at radius 2 is 2.00 bits per heavy atom. The van der Waals surface area contributed by atoms with E-state index in [2.05, 4.69) is 20.3 Å². The monoisotopic (exact) mass is 253 g/mol. The summed E-state index contributed by atoms with van der Waals surface area (Å²) in [5.41, 5.74) is 0. The smallest absolute Gasteiger partial charge is 0.267 e. The van der Waals surface area contributed by atoms with Gasteiger partial charge in [0.1, 0.15) is 0 Å². The Balaban J connectivity index is 2.80. The molecule has 1 aliphatic rings. The van der Waals surface area contributed by atoms with Gasteiger partial charge in [-0.3, -0.25) is 4.79 Å². The van der Waals surface area contributed by atoms with Crippen LogP contribution in [0.25, 0.3) is 0 Å². The fraction of sp³-hybridized carbons (Fsp3) is 0.857. The fourth-order valence-electron chi connectivity index (χ4n) is 1.09. The van der Waals surface area contributed by atoms with Gasteiger partial charge in [0, 0.05) is 11.5 Å². The van der Waals surface area contributed by atoms with Gasteiger partial charge >= 0.3 is 0 Å². The van der Waals surface area contributed by atoms with Crippen molar-refractivity contribution >= 4 is 31.6 Å². The molecule has 1 aliphatic heterocycles. The van der Waals surface area contributed by atoms with E-state index >= 15 is 0 Å². The van der Waals surface area contributed by atoms with E-state index in [1.54, 1.807) is 6.92 Å². The molecule has 0 bridgehead atoms. The molecule has 1 rings (SSSR count). The van der Waals surface area contributed by atoms with E-state index in [0.717, 1.165) is 12.8 Å². The van der Waals surface area contributed by atoms with Crippen molar-refractivity contribution in [3.05, 3.63) is 0 Å². The normalized spacial score (nSPS) is 23.5. The van der Waals surface area contributed by atoms with Crippen molar-refractivity contribution in [3.63, 3.8) is 0 Å². The first-order valence-electron chi connectivity index (χ1n) is 3.94. The van der Waals surface area contributed by atoms with Gasteiger partial charge in [-0.2, -0.15) is 4.36 Å². The summed E-state index contributed by atoms with van der Waals surface area (Å²) >= 11 is 3.10. The number of carbonyl (C=O) groups excluding carboxylic acids is 1. The molecule has 1 heterocycles.